The van der Waals surface area contributed by atoms with Crippen molar-refractivity contribution < 1.29 is 85.8 Å². The minimum Gasteiger partial charge on any atom is -0.469 e. The van der Waals surface area contributed by atoms with Crippen LogP contribution in [0.15, 0.2) is 9.98 Å². The summed E-state index contributed by atoms with van der Waals surface area (Å²) in [5.41, 5.74) is 23.2. The normalized spacial score (nSPS) is 19.6. The first-order valence-corrected chi connectivity index (χ1v) is 34.1. The smallest absolute Gasteiger partial charge is 0.407 e. The van der Waals surface area contributed by atoms with Crippen molar-refractivity contribution in [1.29, 1.82) is 0 Å². The number of nitrogens with two attached hydrogens (primary N) is 4. The van der Waals surface area contributed by atoms with Crippen molar-refractivity contribution in [3.8, 4) is 12.3 Å². The first-order valence-electron chi connectivity index (χ1n) is 34.1. The number of hydrogen-bond donors (Lipinski definition) is 12. The number of nitrogens with zero attached hydrogens (tertiary/aromatic N) is 2. The number of methoxy groups -OCH3 is 2. The molecule has 0 unspecified atom stereocenters. The molecule has 0 bridgehead atoms. The average Bonchev–Trinajstić information content (AvgIpc) is 1.65. The molecule has 2 fully saturated rings. The highest BCUT2D eigenvalue weighted by Gasteiger charge is 2.55. The molecule has 552 valence electrons. The van der Waals surface area contributed by atoms with Gasteiger partial charge >= 0.3 is 24.1 Å². The summed E-state index contributed by atoms with van der Waals surface area (Å²) in [6.07, 6.45) is 9.26. The minimum atomic E-state index is -1.17. The third-order valence-corrected chi connectivity index (χ3v) is 17.1. The number of ether oxygens (including phenoxy) is 8. The topological polar surface area (TPSA) is 470 Å². The van der Waals surface area contributed by atoms with Gasteiger partial charge in [0.25, 0.3) is 0 Å². The van der Waals surface area contributed by atoms with Gasteiger partial charge in [0.15, 0.2) is 11.9 Å². The van der Waals surface area contributed by atoms with Crippen LogP contribution in [0.3, 0.4) is 0 Å². The van der Waals surface area contributed by atoms with Gasteiger partial charge in [0, 0.05) is 76.8 Å². The molecule has 97 heavy (non-hydrogen) atoms. The van der Waals surface area contributed by atoms with Crippen molar-refractivity contribution in [2.24, 2.45) is 68.4 Å². The predicted molar refractivity (Wildman–Crippen MR) is 360 cm³/mol. The summed E-state index contributed by atoms with van der Waals surface area (Å²) in [6, 6.07) is -3.52. The number of rotatable bonds is 50. The predicted octanol–water partition coefficient (Wildman–Crippen LogP) is 0.784. The van der Waals surface area contributed by atoms with Crippen molar-refractivity contribution in [1.82, 2.24) is 42.5 Å². The van der Waals surface area contributed by atoms with Crippen LogP contribution >= 0.6 is 0 Å². The molecule has 11 atom stereocenters. The molecule has 0 aliphatic heterocycles. The maximum Gasteiger partial charge on any atom is 0.407 e. The number of hydrogen-bond acceptors (Lipinski definition) is 20. The Kier molecular flexibility index (Phi) is 43.7. The number of alkyl carbamates (subject to hydrolysis) is 2. The molecule has 32 heteroatoms. The number of amides is 8. The first kappa shape index (κ1) is 85.3. The molecule has 0 aromatic rings. The van der Waals surface area contributed by atoms with E-state index in [2.05, 4.69) is 58.4 Å². The van der Waals surface area contributed by atoms with Gasteiger partial charge in [-0.1, -0.05) is 85.0 Å². The summed E-state index contributed by atoms with van der Waals surface area (Å²) in [6.45, 7) is 13.4. The summed E-state index contributed by atoms with van der Waals surface area (Å²) >= 11 is 0. The fraction of sp³-hybridized carbons (Fsp3) is 0.785. The van der Waals surface area contributed by atoms with Crippen molar-refractivity contribution in [2.45, 2.75) is 193 Å². The zero-order valence-electron chi connectivity index (χ0n) is 58.3. The monoisotopic (exact) mass is 1380 g/mol. The second kappa shape index (κ2) is 49.7. The molecular formula is C65H114N14O18. The Hall–Kier alpha value is -7.76. The third-order valence-electron chi connectivity index (χ3n) is 17.1. The Balaban J connectivity index is 1.92. The highest BCUT2D eigenvalue weighted by atomic mass is 16.6. The van der Waals surface area contributed by atoms with Gasteiger partial charge < -0.3 is 103 Å². The van der Waals surface area contributed by atoms with Crippen LogP contribution < -0.4 is 65.5 Å². The second-order valence-electron chi connectivity index (χ2n) is 24.1. The van der Waals surface area contributed by atoms with Crippen molar-refractivity contribution in [3.05, 3.63) is 0 Å². The molecule has 0 aromatic heterocycles. The van der Waals surface area contributed by atoms with E-state index in [1.165, 1.54) is 28.1 Å². The Bertz CT molecular complexity index is 2510. The zero-order valence-corrected chi connectivity index (χ0v) is 58.3. The van der Waals surface area contributed by atoms with Crippen molar-refractivity contribution in [2.75, 3.05) is 99.8 Å². The Labute approximate surface area is 571 Å². The number of guanidine groups is 2. The van der Waals surface area contributed by atoms with E-state index in [1.54, 1.807) is 0 Å². The quantitative estimate of drug-likeness (QED) is 0.01000. The summed E-state index contributed by atoms with van der Waals surface area (Å²) in [7, 11) is 2.48. The van der Waals surface area contributed by atoms with E-state index in [1.807, 2.05) is 27.7 Å². The highest BCUT2D eigenvalue weighted by molar-refractivity contribution is 5.91. The number of aliphatic imine (C=N–C) groups is 2. The lowest BCUT2D eigenvalue weighted by Crippen LogP contribution is -2.52. The summed E-state index contributed by atoms with van der Waals surface area (Å²) in [4.78, 5) is 139. The highest BCUT2D eigenvalue weighted by Crippen LogP contribution is 2.43. The molecule has 8 amide bonds. The molecule has 2 aliphatic rings. The lowest BCUT2D eigenvalue weighted by Gasteiger charge is -2.36. The Morgan fingerprint density at radius 3 is 1.27 bits per heavy atom. The Morgan fingerprint density at radius 1 is 0.495 bits per heavy atom. The molecule has 0 aromatic carbocycles. The van der Waals surface area contributed by atoms with Gasteiger partial charge in [-0.05, 0) is 56.8 Å². The van der Waals surface area contributed by atoms with Gasteiger partial charge in [-0.2, -0.15) is 0 Å². The van der Waals surface area contributed by atoms with Crippen LogP contribution in [0.5, 0.6) is 0 Å². The van der Waals surface area contributed by atoms with Crippen molar-refractivity contribution in [3.63, 3.8) is 0 Å². The van der Waals surface area contributed by atoms with Crippen LogP contribution in [-0.4, -0.2) is 214 Å². The molecule has 0 radical (unpaired) electrons. The molecule has 2 rings (SSSR count). The van der Waals surface area contributed by atoms with E-state index in [-0.39, 0.29) is 120 Å². The van der Waals surface area contributed by atoms with Gasteiger partial charge in [-0.3, -0.25) is 38.4 Å². The fourth-order valence-corrected chi connectivity index (χ4v) is 12.4. The van der Waals surface area contributed by atoms with Crippen LogP contribution in [-0.2, 0) is 76.3 Å². The number of nitrogens with one attached hydrogen (secondary N) is 8. The maximum atomic E-state index is 13.5. The number of carbonyl (C=O) groups excluding carboxylic acids is 10. The van der Waals surface area contributed by atoms with Crippen LogP contribution in [0, 0.1) is 47.9 Å². The molecule has 16 N–H and O–H groups in total. The van der Waals surface area contributed by atoms with Crippen LogP contribution in [0.2, 0.25) is 0 Å². The molecule has 0 saturated heterocycles. The molecule has 0 spiro atoms. The van der Waals surface area contributed by atoms with E-state index in [4.69, 9.17) is 67.3 Å². The van der Waals surface area contributed by atoms with Crippen LogP contribution in [0.1, 0.15) is 151 Å². The van der Waals surface area contributed by atoms with Gasteiger partial charge in [0.2, 0.25) is 35.4 Å². The van der Waals surface area contributed by atoms with E-state index in [0.717, 1.165) is 0 Å². The van der Waals surface area contributed by atoms with Crippen molar-refractivity contribution >= 4 is 71.5 Å². The molecular weight excluding hydrogens is 1260 g/mol. The summed E-state index contributed by atoms with van der Waals surface area (Å²) in [5, 5.41) is 22.4. The number of unbranched alkanes of at least 4 members (excludes halogenated alkanes) is 6. The minimum absolute atomic E-state index is 0.0171. The lowest BCUT2D eigenvalue weighted by atomic mass is 9.80. The van der Waals surface area contributed by atoms with Crippen LogP contribution in [0.4, 0.5) is 9.59 Å². The van der Waals surface area contributed by atoms with E-state index in [0.29, 0.717) is 110 Å². The molecule has 0 heterocycles. The molecule has 2 aliphatic carbocycles. The van der Waals surface area contributed by atoms with Gasteiger partial charge in [-0.15, -0.1) is 6.42 Å². The maximum absolute atomic E-state index is 13.5. The SMILES string of the molecule is C#CCOCCOCCOCCOCCC(=O)N[C@H](CCC(=O)NCCCCCCNC(=O)O[C@H]1[C@@H]([C@@H](NC(C)=O)C(CC)CC)[C@H](N=C(N)N)C[C@@H]1C(=O)OC)C(=O)NCC(=O)NCCCCCCNC(=O)O[C@H]1[C@@H]([C@@H](NC(C)=O)C(CC)CC)[C@H](N=C(N)N)C[C@@H]1C(=O)OC. The van der Waals surface area contributed by atoms with E-state index < -0.39 is 114 Å². The largest absolute Gasteiger partial charge is 0.469 e. The van der Waals surface area contributed by atoms with Gasteiger partial charge in [-0.25, -0.2) is 19.6 Å². The standard InChI is InChI=1S/C65H114N14O18/c1-10-30-92-32-34-94-36-37-95-35-33-93-31-25-51(83)77-47(23-24-50(82)70-26-19-15-17-21-28-72-64(88)96-57-45(60(86)90-8)38-48(78-62(66)67)53(57)55(75-41(6)80)43(11-2)12-3)59(85)74-40-52(84)71-27-20-16-18-22-29-73-65(89)97-58-46(61(87)91-9)39-49(79-63(68)69)54(58)56(76-42(7)81)44(13-4)14-5/h1,43-49,53-58H,11-40H2,2-9H3,(H,70,82)(H,71,84)(H,72,88)(H,73,89)(H,74,85)(H,75,80)(H,76,81)(H,77,83)(H4,66,67,78)(H4,68,69,79)/t45-,46-,47+,48+,49+,53+,54+,55-,56-,57+,58+/m0/s1. The molecule has 2 saturated carbocycles. The van der Waals surface area contributed by atoms with Gasteiger partial charge in [0.05, 0.1) is 90.9 Å². The lowest BCUT2D eigenvalue weighted by molar-refractivity contribution is -0.150. The van der Waals surface area contributed by atoms with Crippen LogP contribution in [0.25, 0.3) is 0 Å². The third kappa shape index (κ3) is 33.8. The first-order chi connectivity index (χ1) is 46.5. The zero-order chi connectivity index (χ0) is 72.1. The average molecular weight is 1380 g/mol. The second-order valence-corrected chi connectivity index (χ2v) is 24.1. The number of carbonyl (C=O) groups is 10. The summed E-state index contributed by atoms with van der Waals surface area (Å²) < 4.78 is 43.6. The van der Waals surface area contributed by atoms with E-state index >= 15 is 0 Å². The Morgan fingerprint density at radius 2 is 0.887 bits per heavy atom. The number of terminal acetylenes is 1. The summed E-state index contributed by atoms with van der Waals surface area (Å²) in [5.74, 6) is -5.04. The van der Waals surface area contributed by atoms with Gasteiger partial charge in [0.1, 0.15) is 24.9 Å². The van der Waals surface area contributed by atoms with E-state index in [9.17, 15) is 47.9 Å². The number of esters is 2. The fourth-order valence-electron chi connectivity index (χ4n) is 12.4. The molecule has 32 nitrogen and oxygen atoms in total.